The van der Waals surface area contributed by atoms with Gasteiger partial charge in [-0.25, -0.2) is 4.39 Å². The molecule has 3 aliphatic rings. The second-order valence-corrected chi connectivity index (χ2v) is 6.98. The van der Waals surface area contributed by atoms with E-state index in [4.69, 9.17) is 0 Å². The van der Waals surface area contributed by atoms with E-state index in [1.54, 1.807) is 0 Å². The van der Waals surface area contributed by atoms with Crippen LogP contribution in [-0.2, 0) is 12.8 Å². The molecule has 22 heavy (non-hydrogen) atoms. The van der Waals surface area contributed by atoms with Crippen molar-refractivity contribution in [2.24, 2.45) is 0 Å². The third-order valence-corrected chi connectivity index (χ3v) is 6.08. The Kier molecular flexibility index (Phi) is 1.36. The van der Waals surface area contributed by atoms with Gasteiger partial charge in [0.05, 0.1) is 0 Å². The fraction of sp³-hybridized carbons (Fsp3) is 0.143. The number of rotatable bonds is 0. The number of halogens is 1. The van der Waals surface area contributed by atoms with Crippen LogP contribution < -0.4 is 0 Å². The summed E-state index contributed by atoms with van der Waals surface area (Å²) in [6.45, 7) is 0. The molecule has 0 nitrogen and oxygen atoms in total. The highest BCUT2D eigenvalue weighted by atomic mass is 19.1. The molecule has 0 spiro atoms. The summed E-state index contributed by atoms with van der Waals surface area (Å²) in [4.78, 5) is 0. The lowest BCUT2D eigenvalue weighted by molar-refractivity contribution is 0.410. The van der Waals surface area contributed by atoms with Gasteiger partial charge in [-0.15, -0.1) is 0 Å². The van der Waals surface area contributed by atoms with Crippen LogP contribution in [0.3, 0.4) is 0 Å². The fourth-order valence-electron chi connectivity index (χ4n) is 5.28. The monoisotopic (exact) mass is 282 g/mol. The van der Waals surface area contributed by atoms with Gasteiger partial charge in [0.25, 0.3) is 0 Å². The molecule has 1 heteroatoms. The molecule has 0 heterocycles. The summed E-state index contributed by atoms with van der Waals surface area (Å²) in [7, 11) is 0. The fourth-order valence-corrected chi connectivity index (χ4v) is 5.28. The van der Waals surface area contributed by atoms with E-state index in [0.29, 0.717) is 0 Å². The van der Waals surface area contributed by atoms with Crippen LogP contribution >= 0.6 is 0 Å². The maximum atomic E-state index is 15.0. The Morgan fingerprint density at radius 3 is 1.36 bits per heavy atom. The van der Waals surface area contributed by atoms with E-state index in [1.165, 1.54) is 54.6 Å². The summed E-state index contributed by atoms with van der Waals surface area (Å²) < 4.78 is 15.0. The maximum Gasteiger partial charge on any atom is 0.151 e. The van der Waals surface area contributed by atoms with Gasteiger partial charge in [-0.3, -0.25) is 0 Å². The lowest BCUT2D eigenvalue weighted by Gasteiger charge is -2.08. The molecule has 0 radical (unpaired) electrons. The van der Waals surface area contributed by atoms with E-state index in [0.717, 1.165) is 24.0 Å². The molecule has 0 saturated carbocycles. The standard InChI is InChI=1S/C21H11F/c22-21-13-5-3-11-7-9-1-2-10-8-12-4-6-14(21)20-18(12)16(10)15(9)17(11)19(13)20/h1-6,21H,7-8H2. The predicted molar refractivity (Wildman–Crippen MR) is 87.5 cm³/mol. The molecule has 7 rings (SSSR count). The maximum absolute atomic E-state index is 15.0. The van der Waals surface area contributed by atoms with Gasteiger partial charge in [0, 0.05) is 0 Å². The van der Waals surface area contributed by atoms with Crippen molar-refractivity contribution in [3.8, 4) is 0 Å². The van der Waals surface area contributed by atoms with E-state index >= 15 is 4.39 Å². The molecule has 0 unspecified atom stereocenters. The smallest absolute Gasteiger partial charge is 0.151 e. The quantitative estimate of drug-likeness (QED) is 0.330. The Bertz CT molecular complexity index is 1130. The highest BCUT2D eigenvalue weighted by molar-refractivity contribution is 6.33. The number of benzene rings is 4. The Morgan fingerprint density at radius 2 is 0.909 bits per heavy atom. The van der Waals surface area contributed by atoms with Gasteiger partial charge >= 0.3 is 0 Å². The van der Waals surface area contributed by atoms with Crippen LogP contribution in [0.5, 0.6) is 0 Å². The van der Waals surface area contributed by atoms with Crippen molar-refractivity contribution in [2.45, 2.75) is 19.0 Å². The molecule has 0 aliphatic heterocycles. The molecule has 102 valence electrons. The molecule has 0 fully saturated rings. The Labute approximate surface area is 126 Å². The minimum atomic E-state index is -0.956. The van der Waals surface area contributed by atoms with Gasteiger partial charge in [0.15, 0.2) is 6.17 Å². The highest BCUT2D eigenvalue weighted by Gasteiger charge is 2.34. The van der Waals surface area contributed by atoms with E-state index in [2.05, 4.69) is 24.3 Å². The van der Waals surface area contributed by atoms with Crippen LogP contribution in [0, 0.1) is 0 Å². The van der Waals surface area contributed by atoms with Crippen molar-refractivity contribution in [3.63, 3.8) is 0 Å². The molecule has 0 saturated heterocycles. The van der Waals surface area contributed by atoms with Crippen LogP contribution in [-0.4, -0.2) is 0 Å². The van der Waals surface area contributed by atoms with Gasteiger partial charge < -0.3 is 0 Å². The van der Waals surface area contributed by atoms with Crippen LogP contribution in [0.25, 0.3) is 32.3 Å². The Hall–Kier alpha value is -2.41. The van der Waals surface area contributed by atoms with Gasteiger partial charge in [-0.2, -0.15) is 0 Å². The van der Waals surface area contributed by atoms with Crippen molar-refractivity contribution >= 4 is 32.3 Å². The molecule has 0 amide bonds. The van der Waals surface area contributed by atoms with Crippen LogP contribution in [0.2, 0.25) is 0 Å². The minimum absolute atomic E-state index is 0.887. The van der Waals surface area contributed by atoms with Crippen LogP contribution in [0.4, 0.5) is 4.39 Å². The lowest BCUT2D eigenvalue weighted by Crippen LogP contribution is -1.89. The summed E-state index contributed by atoms with van der Waals surface area (Å²) in [6.07, 6.45) is 1.05. The van der Waals surface area contributed by atoms with E-state index in [-0.39, 0.29) is 0 Å². The van der Waals surface area contributed by atoms with Crippen LogP contribution in [0.1, 0.15) is 39.6 Å². The lowest BCUT2D eigenvalue weighted by atomic mass is 9.95. The minimum Gasteiger partial charge on any atom is -0.237 e. The molecular weight excluding hydrogens is 271 g/mol. The van der Waals surface area contributed by atoms with Crippen LogP contribution in [0.15, 0.2) is 36.4 Å². The summed E-state index contributed by atoms with van der Waals surface area (Å²) >= 11 is 0. The average Bonchev–Trinajstić information content (AvgIpc) is 3.16. The molecule has 0 aromatic heterocycles. The van der Waals surface area contributed by atoms with Crippen molar-refractivity contribution in [1.29, 1.82) is 0 Å². The predicted octanol–water partition coefficient (Wildman–Crippen LogP) is 5.33. The second kappa shape index (κ2) is 2.89. The van der Waals surface area contributed by atoms with Gasteiger partial charge in [0.2, 0.25) is 0 Å². The second-order valence-electron chi connectivity index (χ2n) is 6.98. The van der Waals surface area contributed by atoms with E-state index < -0.39 is 6.17 Å². The molecule has 4 aromatic carbocycles. The zero-order valence-electron chi connectivity index (χ0n) is 11.8. The molecule has 4 aromatic rings. The first-order chi connectivity index (χ1) is 10.8. The zero-order chi connectivity index (χ0) is 14.2. The Balaban J connectivity index is 2.01. The summed E-state index contributed by atoms with van der Waals surface area (Å²) in [5.74, 6) is 0. The van der Waals surface area contributed by atoms with Gasteiger partial charge in [0.1, 0.15) is 0 Å². The largest absolute Gasteiger partial charge is 0.237 e. The summed E-state index contributed by atoms with van der Waals surface area (Å²) in [6, 6.07) is 12.9. The van der Waals surface area contributed by atoms with Crippen molar-refractivity contribution in [1.82, 2.24) is 0 Å². The summed E-state index contributed by atoms with van der Waals surface area (Å²) in [5, 5.41) is 7.95. The molecule has 3 aliphatic carbocycles. The highest BCUT2D eigenvalue weighted by Crippen LogP contribution is 2.55. The Morgan fingerprint density at radius 1 is 0.545 bits per heavy atom. The topological polar surface area (TPSA) is 0 Å². The number of alkyl halides is 1. The number of hydrogen-bond acceptors (Lipinski definition) is 0. The first kappa shape index (κ1) is 10.3. The number of hydrogen-bond donors (Lipinski definition) is 0. The normalized spacial score (nSPS) is 16.8. The summed E-state index contributed by atoms with van der Waals surface area (Å²) in [5.41, 5.74) is 7.38. The average molecular weight is 282 g/mol. The van der Waals surface area contributed by atoms with E-state index in [9.17, 15) is 0 Å². The van der Waals surface area contributed by atoms with Crippen molar-refractivity contribution in [3.05, 3.63) is 69.8 Å². The molecule has 0 N–H and O–H groups in total. The SMILES string of the molecule is FC1c2ccc3c4c5c(ccc6c5c5c(ccc1c5c24)C6)C3. The molecular formula is C21H11F. The molecule has 0 atom stereocenters. The van der Waals surface area contributed by atoms with Gasteiger partial charge in [-0.05, 0) is 78.5 Å². The van der Waals surface area contributed by atoms with Crippen molar-refractivity contribution in [2.75, 3.05) is 0 Å². The zero-order valence-corrected chi connectivity index (χ0v) is 11.8. The third kappa shape index (κ3) is 0.825. The molecule has 0 bridgehead atoms. The first-order valence-electron chi connectivity index (χ1n) is 7.94. The van der Waals surface area contributed by atoms with E-state index in [1.807, 2.05) is 12.1 Å². The first-order valence-corrected chi connectivity index (χ1v) is 7.94. The van der Waals surface area contributed by atoms with Gasteiger partial charge in [-0.1, -0.05) is 36.4 Å². The third-order valence-electron chi connectivity index (χ3n) is 6.08. The van der Waals surface area contributed by atoms with Crippen molar-refractivity contribution < 1.29 is 4.39 Å².